The van der Waals surface area contributed by atoms with Crippen LogP contribution in [0.15, 0.2) is 95.3 Å². The zero-order valence-electron chi connectivity index (χ0n) is 22.6. The summed E-state index contributed by atoms with van der Waals surface area (Å²) in [7, 11) is 0. The maximum absolute atomic E-state index is 13.8. The first-order valence-electron chi connectivity index (χ1n) is 14.2. The number of piperidine rings is 1. The van der Waals surface area contributed by atoms with E-state index in [-0.39, 0.29) is 17.6 Å². The molecule has 4 aromatic rings. The van der Waals surface area contributed by atoms with Gasteiger partial charge in [0.05, 0.1) is 5.60 Å². The van der Waals surface area contributed by atoms with Gasteiger partial charge in [-0.25, -0.2) is 4.39 Å². The highest BCUT2D eigenvalue weighted by atomic mass is 32.1. The summed E-state index contributed by atoms with van der Waals surface area (Å²) < 4.78 is 13.5. The molecule has 3 heterocycles. The molecule has 206 valence electrons. The number of likely N-dealkylation sites (tertiary alicyclic amines) is 2. The Morgan fingerprint density at radius 1 is 1.05 bits per heavy atom. The number of benzene rings is 3. The fraction of sp³-hybridized carbons (Fsp3) is 0.324. The number of carbonyl (C=O) groups is 1. The van der Waals surface area contributed by atoms with E-state index in [0.29, 0.717) is 25.9 Å². The average Bonchev–Trinajstić information content (AvgIpc) is 3.64. The fourth-order valence-electron chi connectivity index (χ4n) is 6.26. The summed E-state index contributed by atoms with van der Waals surface area (Å²) in [6, 6.07) is 22.9. The molecule has 40 heavy (non-hydrogen) atoms. The fourth-order valence-corrected chi connectivity index (χ4v) is 6.98. The Hall–Kier alpha value is -3.48. The SMILES string of the molecule is O=C(c1cccc2ccccc12)N1C/C(=C\N2CCC(O)(CCCc3cccc(F)c3)CC2)C(c2ccsc2)C1. The van der Waals surface area contributed by atoms with E-state index in [1.54, 1.807) is 23.5 Å². The molecular formula is C34H35FN2O2S. The number of aryl methyl sites for hydroxylation is 1. The van der Waals surface area contributed by atoms with Crippen molar-refractivity contribution < 1.29 is 14.3 Å². The lowest BCUT2D eigenvalue weighted by atomic mass is 9.86. The van der Waals surface area contributed by atoms with Crippen LogP contribution in [-0.4, -0.2) is 52.6 Å². The lowest BCUT2D eigenvalue weighted by molar-refractivity contribution is -0.0198. The highest BCUT2D eigenvalue weighted by molar-refractivity contribution is 7.08. The number of fused-ring (bicyclic) bond motifs is 1. The highest BCUT2D eigenvalue weighted by Gasteiger charge is 2.35. The summed E-state index contributed by atoms with van der Waals surface area (Å²) in [5.41, 5.74) is 3.57. The number of amides is 1. The Bertz CT molecular complexity index is 1500. The molecular weight excluding hydrogens is 519 g/mol. The molecule has 2 fully saturated rings. The van der Waals surface area contributed by atoms with Crippen molar-refractivity contribution in [3.8, 4) is 0 Å². The van der Waals surface area contributed by atoms with Gasteiger partial charge in [0.2, 0.25) is 0 Å². The van der Waals surface area contributed by atoms with Crippen molar-refractivity contribution in [2.24, 2.45) is 0 Å². The van der Waals surface area contributed by atoms with E-state index in [0.717, 1.165) is 54.3 Å². The molecule has 6 rings (SSSR count). The smallest absolute Gasteiger partial charge is 0.254 e. The highest BCUT2D eigenvalue weighted by Crippen LogP contribution is 2.36. The van der Waals surface area contributed by atoms with E-state index in [1.807, 2.05) is 41.3 Å². The van der Waals surface area contributed by atoms with Crippen LogP contribution >= 0.6 is 11.3 Å². The van der Waals surface area contributed by atoms with Crippen LogP contribution in [0.25, 0.3) is 10.8 Å². The zero-order chi connectivity index (χ0) is 27.5. The number of hydrogen-bond acceptors (Lipinski definition) is 4. The second kappa shape index (κ2) is 11.6. The molecule has 0 bridgehead atoms. The van der Waals surface area contributed by atoms with Gasteiger partial charge in [0, 0.05) is 43.9 Å². The van der Waals surface area contributed by atoms with Gasteiger partial charge in [-0.15, -0.1) is 0 Å². The van der Waals surface area contributed by atoms with Crippen LogP contribution in [0, 0.1) is 5.82 Å². The molecule has 1 N–H and O–H groups in total. The molecule has 4 nitrogen and oxygen atoms in total. The first kappa shape index (κ1) is 26.7. The number of nitrogens with zero attached hydrogens (tertiary/aromatic N) is 2. The number of rotatable bonds is 7. The second-order valence-electron chi connectivity index (χ2n) is 11.3. The van der Waals surface area contributed by atoms with Crippen LogP contribution in [0.1, 0.15) is 53.1 Å². The van der Waals surface area contributed by atoms with Crippen LogP contribution in [0.3, 0.4) is 0 Å². The Morgan fingerprint density at radius 2 is 1.85 bits per heavy atom. The summed E-state index contributed by atoms with van der Waals surface area (Å²) in [5.74, 6) is 0.0478. The summed E-state index contributed by atoms with van der Waals surface area (Å²) in [4.78, 5) is 18.1. The largest absolute Gasteiger partial charge is 0.390 e. The molecule has 0 aliphatic carbocycles. The van der Waals surface area contributed by atoms with Gasteiger partial charge in [0.15, 0.2) is 0 Å². The molecule has 2 saturated heterocycles. The minimum atomic E-state index is -0.679. The second-order valence-corrected chi connectivity index (χ2v) is 12.0. The molecule has 0 spiro atoms. The summed E-state index contributed by atoms with van der Waals surface area (Å²) >= 11 is 1.69. The number of halogens is 1. The third kappa shape index (κ3) is 5.84. The molecule has 1 aromatic heterocycles. The number of carbonyl (C=O) groups excluding carboxylic acids is 1. The molecule has 1 atom stereocenters. The van der Waals surface area contributed by atoms with Crippen LogP contribution in [-0.2, 0) is 6.42 Å². The minimum absolute atomic E-state index is 0.0757. The van der Waals surface area contributed by atoms with Crippen LogP contribution in [0.5, 0.6) is 0 Å². The van der Waals surface area contributed by atoms with Gasteiger partial charge in [-0.05, 0) is 94.6 Å². The van der Waals surface area contributed by atoms with Crippen molar-refractivity contribution in [2.45, 2.75) is 43.6 Å². The number of thiophene rings is 1. The Balaban J connectivity index is 1.13. The molecule has 3 aromatic carbocycles. The summed E-state index contributed by atoms with van der Waals surface area (Å²) in [5, 5.41) is 17.6. The lowest BCUT2D eigenvalue weighted by Crippen LogP contribution is -2.42. The van der Waals surface area contributed by atoms with Crippen molar-refractivity contribution in [3.05, 3.63) is 118 Å². The Kier molecular flexibility index (Phi) is 7.72. The Labute approximate surface area is 239 Å². The number of hydrogen-bond donors (Lipinski definition) is 1. The van der Waals surface area contributed by atoms with Crippen LogP contribution in [0.4, 0.5) is 4.39 Å². The summed E-state index contributed by atoms with van der Waals surface area (Å²) in [6.45, 7) is 2.85. The van der Waals surface area contributed by atoms with Crippen molar-refractivity contribution in [1.82, 2.24) is 9.80 Å². The minimum Gasteiger partial charge on any atom is -0.390 e. The van der Waals surface area contributed by atoms with Gasteiger partial charge < -0.3 is 14.9 Å². The van der Waals surface area contributed by atoms with Gasteiger partial charge in [0.25, 0.3) is 5.91 Å². The standard InChI is InChI=1S/C34H35FN2O2S/c35-29-10-3-6-25(20-29)7-5-14-34(39)15-17-36(18-16-34)21-28-22-37(23-32(28)27-13-19-40-24-27)33(38)31-12-4-9-26-8-1-2-11-30(26)31/h1-4,6,8-13,19-21,24,32,39H,5,7,14-18,22-23H2/b28-21+. The molecule has 6 heteroatoms. The number of aliphatic hydroxyl groups is 1. The van der Waals surface area contributed by atoms with Gasteiger partial charge in [0.1, 0.15) is 5.82 Å². The molecule has 2 aliphatic rings. The van der Waals surface area contributed by atoms with Gasteiger partial charge in [-0.1, -0.05) is 48.5 Å². The normalized spacial score (nSPS) is 19.9. The predicted molar refractivity (Wildman–Crippen MR) is 160 cm³/mol. The first-order chi connectivity index (χ1) is 19.5. The van der Waals surface area contributed by atoms with E-state index in [1.165, 1.54) is 17.2 Å². The van der Waals surface area contributed by atoms with Crippen LogP contribution < -0.4 is 0 Å². The van der Waals surface area contributed by atoms with Crippen molar-refractivity contribution in [1.29, 1.82) is 0 Å². The average molecular weight is 555 g/mol. The maximum Gasteiger partial charge on any atom is 0.254 e. The van der Waals surface area contributed by atoms with E-state index in [2.05, 4.69) is 40.1 Å². The molecule has 0 radical (unpaired) electrons. The van der Waals surface area contributed by atoms with Gasteiger partial charge in [-0.3, -0.25) is 4.79 Å². The van der Waals surface area contributed by atoms with E-state index < -0.39 is 5.60 Å². The summed E-state index contributed by atoms with van der Waals surface area (Å²) in [6.07, 6.45) is 6.01. The van der Waals surface area contributed by atoms with Crippen molar-refractivity contribution in [3.63, 3.8) is 0 Å². The molecule has 1 amide bonds. The van der Waals surface area contributed by atoms with E-state index in [4.69, 9.17) is 0 Å². The van der Waals surface area contributed by atoms with E-state index >= 15 is 0 Å². The maximum atomic E-state index is 13.8. The lowest BCUT2D eigenvalue weighted by Gasteiger charge is -2.38. The monoisotopic (exact) mass is 554 g/mol. The third-order valence-corrected chi connectivity index (χ3v) is 9.25. The third-order valence-electron chi connectivity index (χ3n) is 8.55. The van der Waals surface area contributed by atoms with Gasteiger partial charge >= 0.3 is 0 Å². The van der Waals surface area contributed by atoms with E-state index in [9.17, 15) is 14.3 Å². The Morgan fingerprint density at radius 3 is 2.65 bits per heavy atom. The molecule has 2 aliphatic heterocycles. The quantitative estimate of drug-likeness (QED) is 0.267. The van der Waals surface area contributed by atoms with Crippen molar-refractivity contribution >= 4 is 28.0 Å². The van der Waals surface area contributed by atoms with Gasteiger partial charge in [-0.2, -0.15) is 11.3 Å². The predicted octanol–water partition coefficient (Wildman–Crippen LogP) is 7.01. The molecule has 0 saturated carbocycles. The first-order valence-corrected chi connectivity index (χ1v) is 15.1. The topological polar surface area (TPSA) is 43.8 Å². The zero-order valence-corrected chi connectivity index (χ0v) is 23.5. The molecule has 1 unspecified atom stereocenters. The van der Waals surface area contributed by atoms with Crippen molar-refractivity contribution in [2.75, 3.05) is 26.2 Å². The van der Waals surface area contributed by atoms with Crippen LogP contribution in [0.2, 0.25) is 0 Å².